The number of thiazole rings is 1. The Morgan fingerprint density at radius 2 is 2.41 bits per heavy atom. The van der Waals surface area contributed by atoms with Gasteiger partial charge in [-0.05, 0) is 17.7 Å². The smallest absolute Gasteiger partial charge is 0.123 e. The van der Waals surface area contributed by atoms with Crippen LogP contribution in [-0.4, -0.2) is 36.6 Å². The molecule has 1 unspecified atom stereocenters. The summed E-state index contributed by atoms with van der Waals surface area (Å²) in [5, 5.41) is 4.47. The predicted octanol–water partition coefficient (Wildman–Crippen LogP) is 2.58. The minimum atomic E-state index is -0.181. The zero-order valence-electron chi connectivity index (χ0n) is 12.6. The Morgan fingerprint density at radius 3 is 3.23 bits per heavy atom. The molecule has 1 aliphatic heterocycles. The third kappa shape index (κ3) is 3.70. The first-order chi connectivity index (χ1) is 10.8. The lowest BCUT2D eigenvalue weighted by atomic mass is 10.0. The highest BCUT2D eigenvalue weighted by Gasteiger charge is 2.24. The van der Waals surface area contributed by atoms with Gasteiger partial charge in [0.05, 0.1) is 18.0 Å². The number of halogens is 1. The van der Waals surface area contributed by atoms with Crippen molar-refractivity contribution in [2.45, 2.75) is 19.2 Å². The normalized spacial score (nSPS) is 19.5. The van der Waals surface area contributed by atoms with Crippen LogP contribution < -0.4 is 5.32 Å². The summed E-state index contributed by atoms with van der Waals surface area (Å²) in [4.78, 5) is 7.97. The molecule has 6 heteroatoms. The number of nitrogens with zero attached hydrogens (tertiary/aromatic N) is 2. The van der Waals surface area contributed by atoms with E-state index in [-0.39, 0.29) is 11.9 Å². The number of ether oxygens (including phenoxy) is 1. The van der Waals surface area contributed by atoms with Crippen LogP contribution in [0.2, 0.25) is 0 Å². The Hall–Kier alpha value is -1.34. The van der Waals surface area contributed by atoms with Crippen LogP contribution in [0.15, 0.2) is 30.5 Å². The van der Waals surface area contributed by atoms with Crippen molar-refractivity contribution in [2.24, 2.45) is 0 Å². The molecular weight excluding hydrogens is 301 g/mol. The Bertz CT molecular complexity index is 619. The van der Waals surface area contributed by atoms with Crippen molar-refractivity contribution in [1.82, 2.24) is 15.2 Å². The molecule has 1 aromatic carbocycles. The van der Waals surface area contributed by atoms with Crippen LogP contribution in [-0.2, 0) is 17.9 Å². The maximum atomic E-state index is 13.5. The molecule has 1 fully saturated rings. The third-order valence-corrected chi connectivity index (χ3v) is 4.77. The van der Waals surface area contributed by atoms with Crippen LogP contribution in [0.25, 0.3) is 0 Å². The Labute approximate surface area is 133 Å². The van der Waals surface area contributed by atoms with Crippen molar-refractivity contribution in [3.8, 4) is 0 Å². The fraction of sp³-hybridized carbons (Fsp3) is 0.438. The van der Waals surface area contributed by atoms with Crippen LogP contribution in [0.5, 0.6) is 0 Å². The Balaban J connectivity index is 1.74. The van der Waals surface area contributed by atoms with Gasteiger partial charge < -0.3 is 10.1 Å². The zero-order valence-corrected chi connectivity index (χ0v) is 13.4. The van der Waals surface area contributed by atoms with Crippen molar-refractivity contribution < 1.29 is 9.13 Å². The van der Waals surface area contributed by atoms with E-state index in [2.05, 4.69) is 15.2 Å². The standard InChI is InChI=1S/C16H20FN3OS/c1-21-11-14-8-19-16(22-14)10-20-6-5-18-9-15(20)12-3-2-4-13(17)7-12/h2-4,7-8,15,18H,5-6,9-11H2,1H3. The quantitative estimate of drug-likeness (QED) is 0.918. The number of hydrogen-bond acceptors (Lipinski definition) is 5. The van der Waals surface area contributed by atoms with E-state index in [0.717, 1.165) is 41.6 Å². The summed E-state index contributed by atoms with van der Waals surface area (Å²) in [7, 11) is 1.69. The van der Waals surface area contributed by atoms with Gasteiger partial charge in [0.2, 0.25) is 0 Å². The maximum Gasteiger partial charge on any atom is 0.123 e. The summed E-state index contributed by atoms with van der Waals surface area (Å²) in [5.41, 5.74) is 1.01. The summed E-state index contributed by atoms with van der Waals surface area (Å²) >= 11 is 1.68. The van der Waals surface area contributed by atoms with Crippen molar-refractivity contribution in [1.29, 1.82) is 0 Å². The van der Waals surface area contributed by atoms with Gasteiger partial charge in [0.1, 0.15) is 10.8 Å². The van der Waals surface area contributed by atoms with Crippen molar-refractivity contribution in [3.63, 3.8) is 0 Å². The second-order valence-corrected chi connectivity index (χ2v) is 6.60. The Morgan fingerprint density at radius 1 is 1.50 bits per heavy atom. The second-order valence-electron chi connectivity index (χ2n) is 5.40. The van der Waals surface area contributed by atoms with E-state index in [1.54, 1.807) is 30.6 Å². The van der Waals surface area contributed by atoms with E-state index in [4.69, 9.17) is 4.74 Å². The van der Waals surface area contributed by atoms with E-state index in [9.17, 15) is 4.39 Å². The molecule has 1 atom stereocenters. The number of benzene rings is 1. The van der Waals surface area contributed by atoms with Gasteiger partial charge in [0.25, 0.3) is 0 Å². The molecule has 2 heterocycles. The number of methoxy groups -OCH3 is 1. The molecule has 1 aromatic heterocycles. The molecule has 0 bridgehead atoms. The summed E-state index contributed by atoms with van der Waals surface area (Å²) in [6.07, 6.45) is 1.88. The lowest BCUT2D eigenvalue weighted by Crippen LogP contribution is -2.45. The first-order valence-electron chi connectivity index (χ1n) is 7.39. The molecule has 0 amide bonds. The molecule has 0 aliphatic carbocycles. The van der Waals surface area contributed by atoms with Crippen LogP contribution in [0, 0.1) is 5.82 Å². The first-order valence-corrected chi connectivity index (χ1v) is 8.20. The van der Waals surface area contributed by atoms with E-state index in [1.165, 1.54) is 6.07 Å². The van der Waals surface area contributed by atoms with Gasteiger partial charge in [0.15, 0.2) is 0 Å². The molecule has 4 nitrogen and oxygen atoms in total. The fourth-order valence-electron chi connectivity index (χ4n) is 2.78. The van der Waals surface area contributed by atoms with Crippen LogP contribution in [0.4, 0.5) is 4.39 Å². The van der Waals surface area contributed by atoms with Gasteiger partial charge in [-0.15, -0.1) is 11.3 Å². The lowest BCUT2D eigenvalue weighted by molar-refractivity contribution is 0.153. The summed E-state index contributed by atoms with van der Waals surface area (Å²) in [6, 6.07) is 7.06. The molecule has 2 aromatic rings. The number of hydrogen-bond donors (Lipinski definition) is 1. The van der Waals surface area contributed by atoms with Gasteiger partial charge >= 0.3 is 0 Å². The predicted molar refractivity (Wildman–Crippen MR) is 85.2 cm³/mol. The fourth-order valence-corrected chi connectivity index (χ4v) is 3.70. The molecule has 1 aliphatic rings. The number of aromatic nitrogens is 1. The number of nitrogens with one attached hydrogen (secondary N) is 1. The third-order valence-electron chi connectivity index (χ3n) is 3.81. The average Bonchev–Trinajstić information content (AvgIpc) is 2.95. The molecule has 22 heavy (non-hydrogen) atoms. The molecule has 0 saturated carbocycles. The van der Waals surface area contributed by atoms with E-state index in [0.29, 0.717) is 6.61 Å². The topological polar surface area (TPSA) is 37.4 Å². The maximum absolute atomic E-state index is 13.5. The summed E-state index contributed by atoms with van der Waals surface area (Å²) < 4.78 is 18.6. The van der Waals surface area contributed by atoms with Gasteiger partial charge in [-0.2, -0.15) is 0 Å². The van der Waals surface area contributed by atoms with Gasteiger partial charge in [-0.3, -0.25) is 4.90 Å². The Kier molecular flexibility index (Phi) is 5.15. The number of piperazine rings is 1. The first kappa shape index (κ1) is 15.6. The van der Waals surface area contributed by atoms with Crippen LogP contribution >= 0.6 is 11.3 Å². The molecule has 0 spiro atoms. The highest BCUT2D eigenvalue weighted by molar-refractivity contribution is 7.11. The number of rotatable bonds is 5. The van der Waals surface area contributed by atoms with Crippen LogP contribution in [0.3, 0.4) is 0 Å². The molecule has 0 radical (unpaired) electrons. The van der Waals surface area contributed by atoms with E-state index in [1.807, 2.05) is 12.3 Å². The second kappa shape index (κ2) is 7.28. The van der Waals surface area contributed by atoms with Crippen molar-refractivity contribution in [3.05, 3.63) is 51.7 Å². The zero-order chi connectivity index (χ0) is 15.4. The monoisotopic (exact) mass is 321 g/mol. The van der Waals surface area contributed by atoms with E-state index >= 15 is 0 Å². The van der Waals surface area contributed by atoms with Crippen molar-refractivity contribution >= 4 is 11.3 Å². The van der Waals surface area contributed by atoms with E-state index < -0.39 is 0 Å². The average molecular weight is 321 g/mol. The molecule has 3 rings (SSSR count). The highest BCUT2D eigenvalue weighted by Crippen LogP contribution is 2.26. The molecular formula is C16H20FN3OS. The molecule has 118 valence electrons. The molecule has 1 N–H and O–H groups in total. The lowest BCUT2D eigenvalue weighted by Gasteiger charge is -2.36. The van der Waals surface area contributed by atoms with Gasteiger partial charge in [0, 0.05) is 39.0 Å². The minimum Gasteiger partial charge on any atom is -0.379 e. The summed E-state index contributed by atoms with van der Waals surface area (Å²) in [6.45, 7) is 4.10. The van der Waals surface area contributed by atoms with Gasteiger partial charge in [-0.25, -0.2) is 9.37 Å². The van der Waals surface area contributed by atoms with Crippen LogP contribution in [0.1, 0.15) is 21.5 Å². The largest absolute Gasteiger partial charge is 0.379 e. The van der Waals surface area contributed by atoms with Crippen molar-refractivity contribution in [2.75, 3.05) is 26.7 Å². The molecule has 1 saturated heterocycles. The minimum absolute atomic E-state index is 0.180. The highest BCUT2D eigenvalue weighted by atomic mass is 32.1. The SMILES string of the molecule is COCc1cnc(CN2CCNCC2c2cccc(F)c2)s1. The van der Waals surface area contributed by atoms with Gasteiger partial charge in [-0.1, -0.05) is 12.1 Å². The summed E-state index contributed by atoms with van der Waals surface area (Å²) in [5.74, 6) is -0.181.